The molecule has 1 aliphatic rings. The Balaban J connectivity index is 2.24. The Hall–Kier alpha value is -2.11. The molecule has 2 rings (SSSR count). The number of carboxylic acid groups (broad SMARTS) is 1. The van der Waals surface area contributed by atoms with Crippen LogP contribution in [0.4, 0.5) is 0 Å². The van der Waals surface area contributed by atoms with Gasteiger partial charge in [0.25, 0.3) is 5.91 Å². The largest absolute Gasteiger partial charge is 0.480 e. The van der Waals surface area contributed by atoms with Crippen LogP contribution in [0.2, 0.25) is 0 Å². The number of carboxylic acids is 1. The van der Waals surface area contributed by atoms with Gasteiger partial charge >= 0.3 is 5.97 Å². The van der Waals surface area contributed by atoms with Gasteiger partial charge in [0, 0.05) is 18.0 Å². The Morgan fingerprint density at radius 3 is 2.50 bits per heavy atom. The molecule has 0 aliphatic heterocycles. The third-order valence-electron chi connectivity index (χ3n) is 3.77. The quantitative estimate of drug-likeness (QED) is 0.773. The lowest BCUT2D eigenvalue weighted by Gasteiger charge is -2.33. The summed E-state index contributed by atoms with van der Waals surface area (Å²) in [7, 11) is 0. The number of pyridine rings is 1. The van der Waals surface area contributed by atoms with Crippen LogP contribution >= 0.6 is 0 Å². The Morgan fingerprint density at radius 1 is 1.30 bits per heavy atom. The SMILES string of the molecule is Cc1cc(=O)c(C(=O)NC2(C(=O)O)CCCCC2)c[nH]1. The lowest BCUT2D eigenvalue weighted by molar-refractivity contribution is -0.145. The zero-order valence-corrected chi connectivity index (χ0v) is 11.4. The van der Waals surface area contributed by atoms with Crippen molar-refractivity contribution in [2.75, 3.05) is 0 Å². The normalized spacial score (nSPS) is 17.4. The number of H-pyrrole nitrogens is 1. The van der Waals surface area contributed by atoms with E-state index in [9.17, 15) is 19.5 Å². The number of nitrogens with one attached hydrogen (secondary N) is 2. The fourth-order valence-corrected chi connectivity index (χ4v) is 2.58. The van der Waals surface area contributed by atoms with Crippen LogP contribution in [0.5, 0.6) is 0 Å². The summed E-state index contributed by atoms with van der Waals surface area (Å²) in [6.07, 6.45) is 4.62. The lowest BCUT2D eigenvalue weighted by atomic mass is 9.81. The smallest absolute Gasteiger partial charge is 0.329 e. The molecule has 6 nitrogen and oxygen atoms in total. The zero-order chi connectivity index (χ0) is 14.8. The predicted octanol–water partition coefficient (Wildman–Crippen LogP) is 1.20. The summed E-state index contributed by atoms with van der Waals surface area (Å²) in [5.74, 6) is -1.66. The van der Waals surface area contributed by atoms with Gasteiger partial charge in [-0.25, -0.2) is 4.79 Å². The number of hydrogen-bond donors (Lipinski definition) is 3. The molecular formula is C14H18N2O4. The minimum absolute atomic E-state index is 0.0539. The second-order valence-corrected chi connectivity index (χ2v) is 5.30. The Kier molecular flexibility index (Phi) is 3.92. The molecule has 1 aliphatic carbocycles. The monoisotopic (exact) mass is 278 g/mol. The highest BCUT2D eigenvalue weighted by Crippen LogP contribution is 2.28. The molecule has 0 unspecified atom stereocenters. The summed E-state index contributed by atoms with van der Waals surface area (Å²) in [6, 6.07) is 1.32. The van der Waals surface area contributed by atoms with E-state index in [1.54, 1.807) is 6.92 Å². The van der Waals surface area contributed by atoms with Crippen LogP contribution in [-0.4, -0.2) is 27.5 Å². The molecule has 3 N–H and O–H groups in total. The second kappa shape index (κ2) is 5.48. The summed E-state index contributed by atoms with van der Waals surface area (Å²) in [5.41, 5.74) is -1.05. The van der Waals surface area contributed by atoms with Gasteiger partial charge in [-0.1, -0.05) is 19.3 Å². The maximum Gasteiger partial charge on any atom is 0.329 e. The average Bonchev–Trinajstić information content (AvgIpc) is 2.39. The number of carbonyl (C=O) groups is 2. The molecule has 0 spiro atoms. The van der Waals surface area contributed by atoms with Crippen LogP contribution in [0.25, 0.3) is 0 Å². The summed E-state index contributed by atoms with van der Waals surface area (Å²) in [6.45, 7) is 1.71. The minimum atomic E-state index is -1.24. The molecule has 0 bridgehead atoms. The summed E-state index contributed by atoms with van der Waals surface area (Å²) < 4.78 is 0. The van der Waals surface area contributed by atoms with E-state index < -0.39 is 22.8 Å². The number of aryl methyl sites for hydroxylation is 1. The first kappa shape index (κ1) is 14.3. The fourth-order valence-electron chi connectivity index (χ4n) is 2.58. The molecule has 1 aromatic rings. The third-order valence-corrected chi connectivity index (χ3v) is 3.77. The summed E-state index contributed by atoms with van der Waals surface area (Å²) in [5, 5.41) is 11.9. The highest BCUT2D eigenvalue weighted by molar-refractivity contribution is 5.97. The maximum absolute atomic E-state index is 12.2. The topological polar surface area (TPSA) is 99.3 Å². The Morgan fingerprint density at radius 2 is 1.95 bits per heavy atom. The number of aromatic amines is 1. The van der Waals surface area contributed by atoms with Gasteiger partial charge in [-0.3, -0.25) is 9.59 Å². The molecule has 6 heteroatoms. The molecule has 0 saturated heterocycles. The van der Waals surface area contributed by atoms with Crippen molar-refractivity contribution in [1.82, 2.24) is 10.3 Å². The number of rotatable bonds is 3. The van der Waals surface area contributed by atoms with Crippen molar-refractivity contribution >= 4 is 11.9 Å². The van der Waals surface area contributed by atoms with Gasteiger partial charge in [-0.15, -0.1) is 0 Å². The highest BCUT2D eigenvalue weighted by atomic mass is 16.4. The van der Waals surface area contributed by atoms with Crippen LogP contribution in [0.3, 0.4) is 0 Å². The lowest BCUT2D eigenvalue weighted by Crippen LogP contribution is -2.56. The summed E-state index contributed by atoms with van der Waals surface area (Å²) in [4.78, 5) is 38.2. The van der Waals surface area contributed by atoms with E-state index in [2.05, 4.69) is 10.3 Å². The second-order valence-electron chi connectivity index (χ2n) is 5.30. The molecular weight excluding hydrogens is 260 g/mol. The van der Waals surface area contributed by atoms with E-state index in [0.717, 1.165) is 19.3 Å². The first-order valence-electron chi connectivity index (χ1n) is 6.70. The molecule has 1 heterocycles. The Bertz CT molecular complexity index is 585. The van der Waals surface area contributed by atoms with Gasteiger partial charge in [0.2, 0.25) is 0 Å². The highest BCUT2D eigenvalue weighted by Gasteiger charge is 2.41. The van der Waals surface area contributed by atoms with Crippen molar-refractivity contribution in [3.63, 3.8) is 0 Å². The molecule has 1 saturated carbocycles. The third kappa shape index (κ3) is 2.74. The van der Waals surface area contributed by atoms with Crippen molar-refractivity contribution in [3.8, 4) is 0 Å². The molecule has 1 fully saturated rings. The van der Waals surface area contributed by atoms with E-state index in [0.29, 0.717) is 18.5 Å². The van der Waals surface area contributed by atoms with Gasteiger partial charge in [-0.05, 0) is 19.8 Å². The van der Waals surface area contributed by atoms with Crippen LogP contribution in [-0.2, 0) is 4.79 Å². The van der Waals surface area contributed by atoms with E-state index in [-0.39, 0.29) is 5.56 Å². The molecule has 0 atom stereocenters. The van der Waals surface area contributed by atoms with Gasteiger partial charge < -0.3 is 15.4 Å². The van der Waals surface area contributed by atoms with Crippen molar-refractivity contribution in [2.24, 2.45) is 0 Å². The first-order chi connectivity index (χ1) is 9.44. The zero-order valence-electron chi connectivity index (χ0n) is 11.4. The van der Waals surface area contributed by atoms with Crippen LogP contribution in [0.15, 0.2) is 17.1 Å². The van der Waals surface area contributed by atoms with Crippen molar-refractivity contribution < 1.29 is 14.7 Å². The number of aromatic nitrogens is 1. The summed E-state index contributed by atoms with van der Waals surface area (Å²) >= 11 is 0. The van der Waals surface area contributed by atoms with Crippen LogP contribution in [0, 0.1) is 6.92 Å². The van der Waals surface area contributed by atoms with Crippen molar-refractivity contribution in [1.29, 1.82) is 0 Å². The van der Waals surface area contributed by atoms with E-state index >= 15 is 0 Å². The molecule has 0 aromatic carbocycles. The van der Waals surface area contributed by atoms with Crippen molar-refractivity contribution in [3.05, 3.63) is 33.7 Å². The predicted molar refractivity (Wildman–Crippen MR) is 72.7 cm³/mol. The van der Waals surface area contributed by atoms with Gasteiger partial charge in [0.15, 0.2) is 5.43 Å². The standard InChI is InChI=1S/C14H18N2O4/c1-9-7-11(17)10(8-15-9)12(18)16-14(13(19)20)5-3-2-4-6-14/h7-8H,2-6H2,1H3,(H,15,17)(H,16,18)(H,19,20). The van der Waals surface area contributed by atoms with Crippen molar-refractivity contribution in [2.45, 2.75) is 44.6 Å². The molecule has 20 heavy (non-hydrogen) atoms. The maximum atomic E-state index is 12.2. The molecule has 0 radical (unpaired) electrons. The molecule has 1 amide bonds. The fraction of sp³-hybridized carbons (Fsp3) is 0.500. The minimum Gasteiger partial charge on any atom is -0.480 e. The van der Waals surface area contributed by atoms with Crippen LogP contribution in [0.1, 0.15) is 48.2 Å². The molecule has 108 valence electrons. The average molecular weight is 278 g/mol. The van der Waals surface area contributed by atoms with Gasteiger partial charge in [0.05, 0.1) is 0 Å². The van der Waals surface area contributed by atoms with E-state index in [1.807, 2.05) is 0 Å². The van der Waals surface area contributed by atoms with Gasteiger partial charge in [0.1, 0.15) is 11.1 Å². The van der Waals surface area contributed by atoms with Crippen LogP contribution < -0.4 is 10.7 Å². The van der Waals surface area contributed by atoms with Gasteiger partial charge in [-0.2, -0.15) is 0 Å². The number of aliphatic carboxylic acids is 1. The Labute approximate surface area is 116 Å². The number of amides is 1. The first-order valence-corrected chi connectivity index (χ1v) is 6.70. The van der Waals surface area contributed by atoms with E-state index in [1.165, 1.54) is 12.3 Å². The number of carbonyl (C=O) groups excluding carboxylic acids is 1. The van der Waals surface area contributed by atoms with E-state index in [4.69, 9.17) is 0 Å². The molecule has 1 aromatic heterocycles. The number of hydrogen-bond acceptors (Lipinski definition) is 3.